The molecule has 3 heteroatoms. The number of hydrogen-bond donors (Lipinski definition) is 1. The summed E-state index contributed by atoms with van der Waals surface area (Å²) in [5, 5.41) is 3.68. The van der Waals surface area contributed by atoms with E-state index >= 15 is 0 Å². The smallest absolute Gasteiger partial charge is 0.0475 e. The SMILES string of the molecule is c1cncc(C2(C3CCCN3)CCOCC2)c1. The Morgan fingerprint density at radius 1 is 1.35 bits per heavy atom. The third-order valence-corrected chi connectivity index (χ3v) is 4.35. The molecule has 3 heterocycles. The Labute approximate surface area is 103 Å². The van der Waals surface area contributed by atoms with Gasteiger partial charge in [-0.05, 0) is 43.9 Å². The van der Waals surface area contributed by atoms with Gasteiger partial charge in [0.1, 0.15) is 0 Å². The second-order valence-electron chi connectivity index (χ2n) is 5.16. The highest BCUT2D eigenvalue weighted by molar-refractivity contribution is 5.26. The van der Waals surface area contributed by atoms with Gasteiger partial charge in [0.05, 0.1) is 0 Å². The summed E-state index contributed by atoms with van der Waals surface area (Å²) in [6.07, 6.45) is 8.74. The van der Waals surface area contributed by atoms with Crippen molar-refractivity contribution in [3.05, 3.63) is 30.1 Å². The van der Waals surface area contributed by atoms with Gasteiger partial charge in [-0.25, -0.2) is 0 Å². The quantitative estimate of drug-likeness (QED) is 0.845. The van der Waals surface area contributed by atoms with Gasteiger partial charge in [-0.2, -0.15) is 0 Å². The van der Waals surface area contributed by atoms with E-state index in [9.17, 15) is 0 Å². The molecule has 3 nitrogen and oxygen atoms in total. The van der Waals surface area contributed by atoms with Gasteiger partial charge < -0.3 is 10.1 Å². The van der Waals surface area contributed by atoms with Crippen LogP contribution < -0.4 is 5.32 Å². The van der Waals surface area contributed by atoms with Crippen LogP contribution in [-0.4, -0.2) is 30.8 Å². The van der Waals surface area contributed by atoms with Crippen molar-refractivity contribution < 1.29 is 4.74 Å². The molecule has 0 spiro atoms. The van der Waals surface area contributed by atoms with Crippen molar-refractivity contribution >= 4 is 0 Å². The van der Waals surface area contributed by atoms with Gasteiger partial charge in [-0.3, -0.25) is 4.98 Å². The van der Waals surface area contributed by atoms with Crippen LogP contribution in [-0.2, 0) is 10.2 Å². The fourth-order valence-corrected chi connectivity index (χ4v) is 3.39. The molecule has 2 aliphatic heterocycles. The highest BCUT2D eigenvalue weighted by atomic mass is 16.5. The first-order valence-electron chi connectivity index (χ1n) is 6.63. The fourth-order valence-electron chi connectivity index (χ4n) is 3.39. The predicted molar refractivity (Wildman–Crippen MR) is 67.0 cm³/mol. The van der Waals surface area contributed by atoms with Crippen molar-refractivity contribution in [3.8, 4) is 0 Å². The molecule has 2 saturated heterocycles. The van der Waals surface area contributed by atoms with Crippen molar-refractivity contribution in [3.63, 3.8) is 0 Å². The van der Waals surface area contributed by atoms with Crippen LogP contribution in [0.25, 0.3) is 0 Å². The van der Waals surface area contributed by atoms with Gasteiger partial charge in [-0.15, -0.1) is 0 Å². The molecule has 0 amide bonds. The standard InChI is InChI=1S/C14H20N2O/c1-3-12(11-15-7-1)14(5-9-17-10-6-14)13-4-2-8-16-13/h1,3,7,11,13,16H,2,4-6,8-10H2. The van der Waals surface area contributed by atoms with Gasteiger partial charge in [0.2, 0.25) is 0 Å². The summed E-state index contributed by atoms with van der Waals surface area (Å²) in [5.41, 5.74) is 1.64. The normalized spacial score (nSPS) is 28.1. The number of ether oxygens (including phenoxy) is 1. The Balaban J connectivity index is 1.95. The lowest BCUT2D eigenvalue weighted by atomic mass is 9.69. The fraction of sp³-hybridized carbons (Fsp3) is 0.643. The van der Waals surface area contributed by atoms with Crippen molar-refractivity contribution in [1.29, 1.82) is 0 Å². The third kappa shape index (κ3) is 1.98. The van der Waals surface area contributed by atoms with Crippen LogP contribution in [0.5, 0.6) is 0 Å². The molecule has 3 rings (SSSR count). The Morgan fingerprint density at radius 3 is 2.88 bits per heavy atom. The molecule has 0 radical (unpaired) electrons. The Morgan fingerprint density at radius 2 is 2.24 bits per heavy atom. The molecule has 0 aliphatic carbocycles. The van der Waals surface area contributed by atoms with Crippen LogP contribution >= 0.6 is 0 Å². The zero-order valence-corrected chi connectivity index (χ0v) is 10.2. The molecule has 1 unspecified atom stereocenters. The minimum absolute atomic E-state index is 0.253. The van der Waals surface area contributed by atoms with E-state index in [1.165, 1.54) is 18.4 Å². The summed E-state index contributed by atoms with van der Waals surface area (Å²) in [6.45, 7) is 2.92. The van der Waals surface area contributed by atoms with E-state index in [1.807, 2.05) is 12.4 Å². The van der Waals surface area contributed by atoms with Gasteiger partial charge in [0, 0.05) is 37.1 Å². The van der Waals surface area contributed by atoms with Gasteiger partial charge in [0.15, 0.2) is 0 Å². The van der Waals surface area contributed by atoms with Crippen LogP contribution in [0.1, 0.15) is 31.2 Å². The highest BCUT2D eigenvalue weighted by Crippen LogP contribution is 2.40. The Bertz CT molecular complexity index is 354. The average molecular weight is 232 g/mol. The molecule has 1 atom stereocenters. The Hall–Kier alpha value is -0.930. The van der Waals surface area contributed by atoms with Crippen molar-refractivity contribution in [2.45, 2.75) is 37.1 Å². The molecule has 0 aromatic carbocycles. The lowest BCUT2D eigenvalue weighted by Crippen LogP contribution is -2.48. The van der Waals surface area contributed by atoms with E-state index in [-0.39, 0.29) is 5.41 Å². The first-order chi connectivity index (χ1) is 8.42. The summed E-state index contributed by atoms with van der Waals surface area (Å²) in [7, 11) is 0. The van der Waals surface area contributed by atoms with E-state index in [1.54, 1.807) is 0 Å². The van der Waals surface area contributed by atoms with E-state index < -0.39 is 0 Å². The number of nitrogens with zero attached hydrogens (tertiary/aromatic N) is 1. The zero-order chi connectivity index (χ0) is 11.6. The highest BCUT2D eigenvalue weighted by Gasteiger charge is 2.42. The number of pyridine rings is 1. The van der Waals surface area contributed by atoms with Crippen LogP contribution in [0.4, 0.5) is 0 Å². The summed E-state index contributed by atoms with van der Waals surface area (Å²) in [6, 6.07) is 4.90. The molecule has 17 heavy (non-hydrogen) atoms. The third-order valence-electron chi connectivity index (χ3n) is 4.35. The minimum atomic E-state index is 0.253. The molecular formula is C14H20N2O. The van der Waals surface area contributed by atoms with E-state index in [0.717, 1.165) is 32.6 Å². The topological polar surface area (TPSA) is 34.2 Å². The number of rotatable bonds is 2. The monoisotopic (exact) mass is 232 g/mol. The van der Waals surface area contributed by atoms with Gasteiger partial charge >= 0.3 is 0 Å². The second-order valence-corrected chi connectivity index (χ2v) is 5.16. The maximum Gasteiger partial charge on any atom is 0.0475 e. The number of aromatic nitrogens is 1. The molecule has 1 aromatic rings. The van der Waals surface area contributed by atoms with E-state index in [4.69, 9.17) is 4.74 Å². The van der Waals surface area contributed by atoms with Gasteiger partial charge in [-0.1, -0.05) is 6.07 Å². The van der Waals surface area contributed by atoms with Crippen LogP contribution in [0, 0.1) is 0 Å². The van der Waals surface area contributed by atoms with E-state index in [0.29, 0.717) is 6.04 Å². The van der Waals surface area contributed by atoms with E-state index in [2.05, 4.69) is 22.4 Å². The molecule has 1 N–H and O–H groups in total. The molecule has 0 bridgehead atoms. The van der Waals surface area contributed by atoms with Crippen LogP contribution in [0.2, 0.25) is 0 Å². The molecule has 1 aromatic heterocycles. The summed E-state index contributed by atoms with van der Waals surface area (Å²) in [5.74, 6) is 0. The number of nitrogens with one attached hydrogen (secondary N) is 1. The van der Waals surface area contributed by atoms with Crippen molar-refractivity contribution in [2.75, 3.05) is 19.8 Å². The number of hydrogen-bond acceptors (Lipinski definition) is 3. The minimum Gasteiger partial charge on any atom is -0.381 e. The predicted octanol–water partition coefficient (Wildman–Crippen LogP) is 1.88. The lowest BCUT2D eigenvalue weighted by molar-refractivity contribution is 0.0370. The first kappa shape index (κ1) is 11.2. The van der Waals surface area contributed by atoms with Crippen LogP contribution in [0.3, 0.4) is 0 Å². The first-order valence-corrected chi connectivity index (χ1v) is 6.63. The molecule has 2 fully saturated rings. The van der Waals surface area contributed by atoms with Crippen molar-refractivity contribution in [2.24, 2.45) is 0 Å². The maximum atomic E-state index is 5.56. The molecule has 2 aliphatic rings. The zero-order valence-electron chi connectivity index (χ0n) is 10.2. The van der Waals surface area contributed by atoms with Crippen LogP contribution in [0.15, 0.2) is 24.5 Å². The summed E-state index contributed by atoms with van der Waals surface area (Å²) < 4.78 is 5.56. The Kier molecular flexibility index (Phi) is 3.12. The van der Waals surface area contributed by atoms with Gasteiger partial charge in [0.25, 0.3) is 0 Å². The van der Waals surface area contributed by atoms with Crippen molar-refractivity contribution in [1.82, 2.24) is 10.3 Å². The molecule has 0 saturated carbocycles. The maximum absolute atomic E-state index is 5.56. The molecule has 92 valence electrons. The summed E-state index contributed by atoms with van der Waals surface area (Å²) in [4.78, 5) is 4.31. The molecular weight excluding hydrogens is 212 g/mol. The largest absolute Gasteiger partial charge is 0.381 e. The lowest BCUT2D eigenvalue weighted by Gasteiger charge is -2.42. The average Bonchev–Trinajstić information content (AvgIpc) is 2.95. The summed E-state index contributed by atoms with van der Waals surface area (Å²) >= 11 is 0. The second kappa shape index (κ2) is 4.75.